The van der Waals surface area contributed by atoms with E-state index in [-0.39, 0.29) is 0 Å². The van der Waals surface area contributed by atoms with Crippen LogP contribution in [0.15, 0.2) is 0 Å². The smallest absolute Gasteiger partial charge is 0.329 e. The maximum absolute atomic E-state index is 10.3. The van der Waals surface area contributed by atoms with Crippen LogP contribution in [-0.4, -0.2) is 39.7 Å². The lowest BCUT2D eigenvalue weighted by atomic mass is 11.1. The summed E-state index contributed by atoms with van der Waals surface area (Å²) in [6.07, 6.45) is 2.11. The molecule has 54 valence electrons. The van der Waals surface area contributed by atoms with Crippen LogP contribution in [0.1, 0.15) is 0 Å². The Hall–Kier alpha value is -0.580. The van der Waals surface area contributed by atoms with E-state index in [1.165, 1.54) is 4.58 Å². The number of nitrogens with zero attached hydrogens (tertiary/aromatic N) is 1. The van der Waals surface area contributed by atoms with E-state index in [1.54, 1.807) is 14.1 Å². The van der Waals surface area contributed by atoms with E-state index >= 15 is 0 Å². The first kappa shape index (κ1) is 8.42. The molecule has 4 nitrogen and oxygen atoms in total. The summed E-state index contributed by atoms with van der Waals surface area (Å²) in [5, 5.41) is 0. The van der Waals surface area contributed by atoms with E-state index in [0.29, 0.717) is 0 Å². The molecule has 9 heavy (non-hydrogen) atoms. The molecule has 0 aliphatic carbocycles. The van der Waals surface area contributed by atoms with Crippen LogP contribution in [-0.2, 0) is 14.3 Å². The minimum absolute atomic E-state index is 0.993. The van der Waals surface area contributed by atoms with Gasteiger partial charge in [0.05, 0.1) is 6.26 Å². The van der Waals surface area contributed by atoms with Crippen molar-refractivity contribution in [2.75, 3.05) is 20.4 Å². The number of hydrogen-bond acceptors (Lipinski definition) is 3. The maximum Gasteiger partial charge on any atom is 0.339 e. The van der Waals surface area contributed by atoms with E-state index in [9.17, 15) is 8.42 Å². The third-order valence-electron chi connectivity index (χ3n) is 0.429. The zero-order chi connectivity index (χ0) is 7.49. The molecule has 0 bridgehead atoms. The van der Waals surface area contributed by atoms with Crippen LogP contribution in [0.4, 0.5) is 0 Å². The number of rotatable bonds is 2. The van der Waals surface area contributed by atoms with E-state index in [2.05, 4.69) is 4.18 Å². The second-order valence-corrected chi connectivity index (χ2v) is 3.47. The molecule has 0 atom stereocenters. The van der Waals surface area contributed by atoms with Crippen LogP contribution in [0.3, 0.4) is 0 Å². The highest BCUT2D eigenvalue weighted by Gasteiger charge is 1.98. The average Bonchev–Trinajstić information content (AvgIpc) is 1.59. The van der Waals surface area contributed by atoms with Gasteiger partial charge in [-0.25, -0.2) is 4.58 Å². The van der Waals surface area contributed by atoms with Gasteiger partial charge < -0.3 is 4.18 Å². The van der Waals surface area contributed by atoms with Gasteiger partial charge in [-0.15, -0.1) is 0 Å². The Bertz CT molecular complexity index is 200. The van der Waals surface area contributed by atoms with Gasteiger partial charge in [-0.3, -0.25) is 0 Å². The van der Waals surface area contributed by atoms with Gasteiger partial charge in [0.25, 0.3) is 0 Å². The highest BCUT2D eigenvalue weighted by atomic mass is 32.2. The molecule has 0 N–H and O–H groups in total. The quantitative estimate of drug-likeness (QED) is 0.227. The van der Waals surface area contributed by atoms with Crippen LogP contribution in [0.5, 0.6) is 0 Å². The highest BCUT2D eigenvalue weighted by molar-refractivity contribution is 7.86. The van der Waals surface area contributed by atoms with Crippen molar-refractivity contribution >= 4 is 16.5 Å². The number of hydrogen-bond donors (Lipinski definition) is 0. The fourth-order valence-corrected chi connectivity index (χ4v) is 0.493. The molecule has 0 saturated heterocycles. The second kappa shape index (κ2) is 2.82. The van der Waals surface area contributed by atoms with Crippen LogP contribution in [0, 0.1) is 0 Å². The Morgan fingerprint density at radius 1 is 1.44 bits per heavy atom. The molecular formula is C4H10NO3S+. The molecular weight excluding hydrogens is 142 g/mol. The summed E-state index contributed by atoms with van der Waals surface area (Å²) in [7, 11) is 0.0272. The minimum atomic E-state index is -3.32. The summed E-state index contributed by atoms with van der Waals surface area (Å²) in [6.45, 7) is 0. The lowest BCUT2D eigenvalue weighted by Crippen LogP contribution is -2.07. The van der Waals surface area contributed by atoms with Gasteiger partial charge in [0.15, 0.2) is 0 Å². The zero-order valence-corrected chi connectivity index (χ0v) is 6.47. The van der Waals surface area contributed by atoms with Crippen LogP contribution < -0.4 is 0 Å². The molecule has 0 aliphatic rings. The lowest BCUT2D eigenvalue weighted by Gasteiger charge is -1.89. The van der Waals surface area contributed by atoms with Gasteiger partial charge in [-0.1, -0.05) is 0 Å². The third-order valence-corrected chi connectivity index (χ3v) is 0.864. The Kier molecular flexibility index (Phi) is 2.64. The molecule has 0 aromatic carbocycles. The predicted molar refractivity (Wildman–Crippen MR) is 34.1 cm³/mol. The maximum atomic E-state index is 10.3. The molecule has 0 aromatic rings. The van der Waals surface area contributed by atoms with Crippen molar-refractivity contribution in [1.82, 2.24) is 0 Å². The summed E-state index contributed by atoms with van der Waals surface area (Å²) in [5.41, 5.74) is 0. The highest BCUT2D eigenvalue weighted by Crippen LogP contribution is 1.79. The van der Waals surface area contributed by atoms with Crippen molar-refractivity contribution in [3.63, 3.8) is 0 Å². The van der Waals surface area contributed by atoms with Crippen LogP contribution in [0.25, 0.3) is 0 Å². The standard InChI is InChI=1S/C4H10NO3S/c1-5(2)4-8-9(3,6)7/h4H,1-3H3/q+1. The van der Waals surface area contributed by atoms with Crippen molar-refractivity contribution in [2.45, 2.75) is 0 Å². The van der Waals surface area contributed by atoms with Gasteiger partial charge in [0.1, 0.15) is 14.1 Å². The third kappa shape index (κ3) is 7.42. The normalized spacial score (nSPS) is 10.6. The largest absolute Gasteiger partial charge is 0.339 e. The van der Waals surface area contributed by atoms with Crippen LogP contribution >= 0.6 is 0 Å². The molecule has 0 heterocycles. The predicted octanol–water partition coefficient (Wildman–Crippen LogP) is -0.737. The van der Waals surface area contributed by atoms with Crippen molar-refractivity contribution in [1.29, 1.82) is 0 Å². The van der Waals surface area contributed by atoms with E-state index in [0.717, 1.165) is 12.7 Å². The molecule has 0 fully saturated rings. The summed E-state index contributed by atoms with van der Waals surface area (Å²) in [5.74, 6) is 0. The van der Waals surface area contributed by atoms with Crippen molar-refractivity contribution in [2.24, 2.45) is 0 Å². The Balaban J connectivity index is 3.95. The molecule has 0 spiro atoms. The van der Waals surface area contributed by atoms with E-state index < -0.39 is 10.1 Å². The van der Waals surface area contributed by atoms with Gasteiger partial charge in [-0.2, -0.15) is 8.42 Å². The van der Waals surface area contributed by atoms with Crippen molar-refractivity contribution in [3.8, 4) is 0 Å². The monoisotopic (exact) mass is 152 g/mol. The summed E-state index contributed by atoms with van der Waals surface area (Å²) < 4.78 is 26.3. The van der Waals surface area contributed by atoms with Crippen LogP contribution in [0.2, 0.25) is 0 Å². The average molecular weight is 152 g/mol. The Morgan fingerprint density at radius 3 is 2.00 bits per heavy atom. The lowest BCUT2D eigenvalue weighted by molar-refractivity contribution is -0.466. The minimum Gasteiger partial charge on any atom is -0.329 e. The molecule has 5 heteroatoms. The van der Waals surface area contributed by atoms with Gasteiger partial charge in [0.2, 0.25) is 0 Å². The molecule has 0 aliphatic heterocycles. The first-order valence-electron chi connectivity index (χ1n) is 2.30. The van der Waals surface area contributed by atoms with Crippen molar-refractivity contribution < 1.29 is 17.2 Å². The first-order valence-corrected chi connectivity index (χ1v) is 4.11. The summed E-state index contributed by atoms with van der Waals surface area (Å²) in [4.78, 5) is 0. The molecule has 0 amide bonds. The molecule has 0 rings (SSSR count). The van der Waals surface area contributed by atoms with E-state index in [1.807, 2.05) is 0 Å². The summed E-state index contributed by atoms with van der Waals surface area (Å²) >= 11 is 0. The summed E-state index contributed by atoms with van der Waals surface area (Å²) in [6, 6.07) is 0. The topological polar surface area (TPSA) is 46.4 Å². The fourth-order valence-electron chi connectivity index (χ4n) is 0.164. The SMILES string of the molecule is C[N+](C)=COS(C)(=O)=O. The molecule has 0 aromatic heterocycles. The Labute approximate surface area is 54.9 Å². The first-order chi connectivity index (χ1) is 3.92. The second-order valence-electron chi connectivity index (χ2n) is 1.87. The molecule has 0 unspecified atom stereocenters. The zero-order valence-electron chi connectivity index (χ0n) is 5.66. The molecule has 0 saturated carbocycles. The van der Waals surface area contributed by atoms with Gasteiger partial charge in [-0.05, 0) is 0 Å². The van der Waals surface area contributed by atoms with Gasteiger partial charge >= 0.3 is 16.5 Å². The van der Waals surface area contributed by atoms with Gasteiger partial charge in [0, 0.05) is 0 Å². The molecule has 0 radical (unpaired) electrons. The Morgan fingerprint density at radius 2 is 1.89 bits per heavy atom. The van der Waals surface area contributed by atoms with Crippen molar-refractivity contribution in [3.05, 3.63) is 0 Å². The fraction of sp³-hybridized carbons (Fsp3) is 0.750. The van der Waals surface area contributed by atoms with E-state index in [4.69, 9.17) is 0 Å².